The van der Waals surface area contributed by atoms with Crippen molar-refractivity contribution in [2.24, 2.45) is 0 Å². The lowest BCUT2D eigenvalue weighted by Crippen LogP contribution is -2.39. The Morgan fingerprint density at radius 3 is 3.08 bits per heavy atom. The van der Waals surface area contributed by atoms with Gasteiger partial charge in [0.1, 0.15) is 6.07 Å². The van der Waals surface area contributed by atoms with E-state index in [1.54, 1.807) is 12.1 Å². The molecule has 3 atom stereocenters. The fourth-order valence-corrected chi connectivity index (χ4v) is 3.59. The molecule has 134 valence electrons. The maximum absolute atomic E-state index is 9.38. The smallest absolute Gasteiger partial charge is 0.257 e. The Hall–Kier alpha value is -2.73. The standard InChI is InChI=1S/C18H21N7O/c1-2-7-20-14-5-4-12(8-13(14)10-19)18-21-17(24-26-18)11-3-6-15-16(9-11)23-25-22-15/h2,4-5,8,11,15-16,20,22-23,25H,1,3,6-7,9H2. The molecule has 8 nitrogen and oxygen atoms in total. The predicted octanol–water partition coefficient (Wildman–Crippen LogP) is 1.82. The number of nitriles is 1. The van der Waals surface area contributed by atoms with Gasteiger partial charge in [-0.15, -0.1) is 6.58 Å². The minimum atomic E-state index is 0.270. The van der Waals surface area contributed by atoms with E-state index in [2.05, 4.69) is 44.5 Å². The molecule has 1 saturated carbocycles. The van der Waals surface area contributed by atoms with E-state index in [-0.39, 0.29) is 5.92 Å². The van der Waals surface area contributed by atoms with Gasteiger partial charge in [0.05, 0.1) is 11.3 Å². The van der Waals surface area contributed by atoms with Crippen LogP contribution in [0.4, 0.5) is 5.69 Å². The van der Waals surface area contributed by atoms with Crippen molar-refractivity contribution in [3.63, 3.8) is 0 Å². The molecule has 8 heteroatoms. The van der Waals surface area contributed by atoms with Gasteiger partial charge in [-0.2, -0.15) is 15.8 Å². The first-order valence-corrected chi connectivity index (χ1v) is 8.77. The number of benzene rings is 1. The molecule has 1 aromatic carbocycles. The summed E-state index contributed by atoms with van der Waals surface area (Å²) in [7, 11) is 0. The zero-order chi connectivity index (χ0) is 17.9. The molecular formula is C18H21N7O. The number of hydrazine groups is 2. The maximum Gasteiger partial charge on any atom is 0.257 e. The third-order valence-electron chi connectivity index (χ3n) is 5.00. The van der Waals surface area contributed by atoms with Crippen LogP contribution in [0.2, 0.25) is 0 Å². The highest BCUT2D eigenvalue weighted by atomic mass is 16.5. The van der Waals surface area contributed by atoms with E-state index >= 15 is 0 Å². The summed E-state index contributed by atoms with van der Waals surface area (Å²) in [5.41, 5.74) is 11.5. The van der Waals surface area contributed by atoms with Gasteiger partial charge in [0.15, 0.2) is 5.82 Å². The summed E-state index contributed by atoms with van der Waals surface area (Å²) in [6.45, 7) is 4.27. The molecule has 2 fully saturated rings. The molecule has 4 rings (SSSR count). The van der Waals surface area contributed by atoms with Gasteiger partial charge in [-0.3, -0.25) is 0 Å². The van der Waals surface area contributed by atoms with Gasteiger partial charge in [0, 0.05) is 30.1 Å². The Labute approximate surface area is 151 Å². The largest absolute Gasteiger partial charge is 0.381 e. The molecule has 4 N–H and O–H groups in total. The zero-order valence-corrected chi connectivity index (χ0v) is 14.3. The number of hydrogen-bond acceptors (Lipinski definition) is 8. The molecule has 0 spiro atoms. The van der Waals surface area contributed by atoms with Gasteiger partial charge in [-0.1, -0.05) is 11.2 Å². The molecule has 2 aromatic rings. The number of nitrogens with zero attached hydrogens (tertiary/aromatic N) is 3. The number of fused-ring (bicyclic) bond motifs is 1. The van der Waals surface area contributed by atoms with Gasteiger partial charge < -0.3 is 9.84 Å². The average molecular weight is 351 g/mol. The third-order valence-corrected chi connectivity index (χ3v) is 5.00. The van der Waals surface area contributed by atoms with Crippen molar-refractivity contribution >= 4 is 5.69 Å². The van der Waals surface area contributed by atoms with Crippen molar-refractivity contribution in [3.8, 4) is 17.5 Å². The second-order valence-corrected chi connectivity index (χ2v) is 6.64. The predicted molar refractivity (Wildman–Crippen MR) is 96.7 cm³/mol. The zero-order valence-electron chi connectivity index (χ0n) is 14.3. The molecule has 0 bridgehead atoms. The molecule has 3 unspecified atom stereocenters. The molecule has 1 aromatic heterocycles. The highest BCUT2D eigenvalue weighted by Crippen LogP contribution is 2.33. The van der Waals surface area contributed by atoms with Crippen LogP contribution < -0.4 is 21.7 Å². The van der Waals surface area contributed by atoms with Crippen LogP contribution in [0, 0.1) is 11.3 Å². The van der Waals surface area contributed by atoms with E-state index in [1.807, 2.05) is 12.1 Å². The van der Waals surface area contributed by atoms with Crippen molar-refractivity contribution in [2.75, 3.05) is 11.9 Å². The molecule has 2 heterocycles. The second kappa shape index (κ2) is 7.25. The molecular weight excluding hydrogens is 330 g/mol. The minimum absolute atomic E-state index is 0.270. The summed E-state index contributed by atoms with van der Waals surface area (Å²) < 4.78 is 5.48. The van der Waals surface area contributed by atoms with Crippen LogP contribution in [0.25, 0.3) is 11.5 Å². The van der Waals surface area contributed by atoms with Crippen molar-refractivity contribution in [1.29, 1.82) is 5.26 Å². The van der Waals surface area contributed by atoms with E-state index in [9.17, 15) is 5.26 Å². The molecule has 1 aliphatic carbocycles. The highest BCUT2D eigenvalue weighted by Gasteiger charge is 2.36. The molecule has 0 amide bonds. The lowest BCUT2D eigenvalue weighted by molar-refractivity contribution is 0.321. The quantitative estimate of drug-likeness (QED) is 0.604. The van der Waals surface area contributed by atoms with Gasteiger partial charge in [-0.25, -0.2) is 10.9 Å². The summed E-state index contributed by atoms with van der Waals surface area (Å²) >= 11 is 0. The first kappa shape index (κ1) is 16.7. The summed E-state index contributed by atoms with van der Waals surface area (Å²) in [4.78, 5) is 4.59. The van der Waals surface area contributed by atoms with Crippen LogP contribution in [0.5, 0.6) is 0 Å². The molecule has 26 heavy (non-hydrogen) atoms. The van der Waals surface area contributed by atoms with E-state index in [4.69, 9.17) is 4.52 Å². The first-order valence-electron chi connectivity index (χ1n) is 8.77. The summed E-state index contributed by atoms with van der Waals surface area (Å²) in [6.07, 6.45) is 4.78. The van der Waals surface area contributed by atoms with E-state index in [0.29, 0.717) is 30.1 Å². The van der Waals surface area contributed by atoms with E-state index in [0.717, 1.165) is 36.3 Å². The van der Waals surface area contributed by atoms with Crippen LogP contribution in [0.3, 0.4) is 0 Å². The van der Waals surface area contributed by atoms with Crippen molar-refractivity contribution in [2.45, 2.75) is 37.3 Å². The number of nitrogens with one attached hydrogen (secondary N) is 4. The third kappa shape index (κ3) is 3.20. The van der Waals surface area contributed by atoms with E-state index in [1.165, 1.54) is 0 Å². The molecule has 2 aliphatic rings. The van der Waals surface area contributed by atoms with Crippen LogP contribution in [0.1, 0.15) is 36.6 Å². The van der Waals surface area contributed by atoms with Gasteiger partial charge in [0.25, 0.3) is 5.89 Å². The molecule has 1 aliphatic heterocycles. The lowest BCUT2D eigenvalue weighted by atomic mass is 9.83. The topological polar surface area (TPSA) is 111 Å². The lowest BCUT2D eigenvalue weighted by Gasteiger charge is -2.28. The Morgan fingerprint density at radius 2 is 2.23 bits per heavy atom. The number of hydrogen-bond donors (Lipinski definition) is 4. The number of anilines is 1. The Morgan fingerprint density at radius 1 is 1.35 bits per heavy atom. The SMILES string of the molecule is C=CCNc1ccc(-c2nc(C3CCC4NNNC4C3)no2)cc1C#N. The fraction of sp³-hybridized carbons (Fsp3) is 0.389. The summed E-state index contributed by atoms with van der Waals surface area (Å²) in [5.74, 6) is 1.45. The van der Waals surface area contributed by atoms with Crippen molar-refractivity contribution in [3.05, 3.63) is 42.2 Å². The summed E-state index contributed by atoms with van der Waals surface area (Å²) in [6, 6.07) is 8.53. The number of rotatable bonds is 5. The maximum atomic E-state index is 9.38. The number of aromatic nitrogens is 2. The first-order chi connectivity index (χ1) is 12.8. The van der Waals surface area contributed by atoms with E-state index < -0.39 is 0 Å². The molecule has 0 radical (unpaired) electrons. The van der Waals surface area contributed by atoms with Gasteiger partial charge >= 0.3 is 0 Å². The normalized spacial score (nSPS) is 24.7. The highest BCUT2D eigenvalue weighted by molar-refractivity contribution is 5.66. The van der Waals surface area contributed by atoms with Crippen LogP contribution in [-0.4, -0.2) is 28.8 Å². The minimum Gasteiger partial charge on any atom is -0.381 e. The Balaban J connectivity index is 1.52. The van der Waals surface area contributed by atoms with Crippen LogP contribution in [-0.2, 0) is 0 Å². The summed E-state index contributed by atoms with van der Waals surface area (Å²) in [5, 5.41) is 16.7. The van der Waals surface area contributed by atoms with Crippen LogP contribution >= 0.6 is 0 Å². The fourth-order valence-electron chi connectivity index (χ4n) is 3.59. The Kier molecular flexibility index (Phi) is 4.67. The Bertz CT molecular complexity index is 840. The van der Waals surface area contributed by atoms with Crippen molar-refractivity contribution < 1.29 is 4.52 Å². The van der Waals surface area contributed by atoms with Crippen molar-refractivity contribution in [1.82, 2.24) is 26.5 Å². The van der Waals surface area contributed by atoms with Gasteiger partial charge in [0.2, 0.25) is 0 Å². The second-order valence-electron chi connectivity index (χ2n) is 6.64. The molecule has 1 saturated heterocycles. The van der Waals surface area contributed by atoms with Gasteiger partial charge in [-0.05, 0) is 37.5 Å². The van der Waals surface area contributed by atoms with Crippen LogP contribution in [0.15, 0.2) is 35.4 Å². The monoisotopic (exact) mass is 351 g/mol. The average Bonchev–Trinajstić information content (AvgIpc) is 3.34.